The monoisotopic (exact) mass is 283 g/mol. The molecule has 1 atom stereocenters. The van der Waals surface area contributed by atoms with Crippen molar-refractivity contribution in [2.45, 2.75) is 33.7 Å². The third-order valence-corrected chi connectivity index (χ3v) is 3.84. The number of alkyl carbamates (subject to hydrolysis) is 1. The zero-order valence-electron chi connectivity index (χ0n) is 11.3. The van der Waals surface area contributed by atoms with Crippen LogP contribution in [0.15, 0.2) is 0 Å². The van der Waals surface area contributed by atoms with Gasteiger partial charge in [-0.05, 0) is 27.7 Å². The number of carbonyl (C=O) groups excluding carboxylic acids is 1. The highest BCUT2D eigenvalue weighted by molar-refractivity contribution is 7.54. The Kier molecular flexibility index (Phi) is 9.01. The van der Waals surface area contributed by atoms with Crippen molar-refractivity contribution in [3.05, 3.63) is 0 Å². The molecular formula is C10H22NO6P. The molecule has 0 aromatic carbocycles. The summed E-state index contributed by atoms with van der Waals surface area (Å²) in [5.41, 5.74) is 0. The number of nitrogens with one attached hydrogen (secondary N) is 1. The Bertz CT molecular complexity index is 276. The van der Waals surface area contributed by atoms with Crippen LogP contribution in [0.4, 0.5) is 4.79 Å². The SMILES string of the molecule is CCOC(=O)NC(OCC)P(=O)(OCC)OCC. The summed E-state index contributed by atoms with van der Waals surface area (Å²) in [4.78, 5) is 11.3. The van der Waals surface area contributed by atoms with Crippen molar-refractivity contribution in [3.8, 4) is 0 Å². The van der Waals surface area contributed by atoms with Gasteiger partial charge in [-0.25, -0.2) is 4.79 Å². The minimum Gasteiger partial charge on any atom is -0.450 e. The fourth-order valence-corrected chi connectivity index (χ4v) is 2.84. The van der Waals surface area contributed by atoms with Crippen molar-refractivity contribution < 1.29 is 27.9 Å². The summed E-state index contributed by atoms with van der Waals surface area (Å²) in [6.45, 7) is 7.57. The molecule has 1 unspecified atom stereocenters. The Morgan fingerprint density at radius 1 is 1.06 bits per heavy atom. The summed E-state index contributed by atoms with van der Waals surface area (Å²) in [7, 11) is -3.56. The lowest BCUT2D eigenvalue weighted by Gasteiger charge is -2.26. The average Bonchev–Trinajstić information content (AvgIpc) is 2.29. The molecule has 0 aliphatic heterocycles. The van der Waals surface area contributed by atoms with Crippen LogP contribution in [0.3, 0.4) is 0 Å². The molecule has 0 heterocycles. The van der Waals surface area contributed by atoms with Gasteiger partial charge in [0.15, 0.2) is 0 Å². The van der Waals surface area contributed by atoms with E-state index in [9.17, 15) is 9.36 Å². The van der Waals surface area contributed by atoms with Gasteiger partial charge in [-0.1, -0.05) is 0 Å². The van der Waals surface area contributed by atoms with E-state index in [2.05, 4.69) is 5.32 Å². The summed E-state index contributed by atoms with van der Waals surface area (Å²) in [5, 5.41) is 2.33. The van der Waals surface area contributed by atoms with Crippen LogP contribution >= 0.6 is 7.60 Å². The first kappa shape index (κ1) is 17.4. The Balaban J connectivity index is 4.79. The van der Waals surface area contributed by atoms with E-state index >= 15 is 0 Å². The van der Waals surface area contributed by atoms with Gasteiger partial charge in [0.05, 0.1) is 19.8 Å². The highest BCUT2D eigenvalue weighted by atomic mass is 31.2. The molecule has 0 spiro atoms. The van der Waals surface area contributed by atoms with Crippen LogP contribution in [-0.2, 0) is 23.1 Å². The second-order valence-corrected chi connectivity index (χ2v) is 5.11. The van der Waals surface area contributed by atoms with Gasteiger partial charge in [0.2, 0.25) is 5.97 Å². The lowest BCUT2D eigenvalue weighted by Crippen LogP contribution is -2.38. The number of carbonyl (C=O) groups is 1. The molecule has 0 aromatic heterocycles. The van der Waals surface area contributed by atoms with Gasteiger partial charge in [0, 0.05) is 6.61 Å². The summed E-state index contributed by atoms with van der Waals surface area (Å²) in [6, 6.07) is 0. The molecule has 0 aromatic rings. The van der Waals surface area contributed by atoms with Crippen LogP contribution in [0.1, 0.15) is 27.7 Å². The summed E-state index contributed by atoms with van der Waals surface area (Å²) >= 11 is 0. The molecule has 0 fully saturated rings. The third-order valence-electron chi connectivity index (χ3n) is 1.75. The van der Waals surface area contributed by atoms with Gasteiger partial charge >= 0.3 is 13.7 Å². The summed E-state index contributed by atoms with van der Waals surface area (Å²) < 4.78 is 32.5. The van der Waals surface area contributed by atoms with Crippen molar-refractivity contribution in [1.29, 1.82) is 0 Å². The fraction of sp³-hybridized carbons (Fsp3) is 0.900. The van der Waals surface area contributed by atoms with Gasteiger partial charge < -0.3 is 18.5 Å². The fourth-order valence-electron chi connectivity index (χ4n) is 1.18. The highest BCUT2D eigenvalue weighted by Gasteiger charge is 2.38. The van der Waals surface area contributed by atoms with E-state index in [4.69, 9.17) is 18.5 Å². The molecule has 0 aliphatic rings. The van der Waals surface area contributed by atoms with Crippen LogP contribution in [0.25, 0.3) is 0 Å². The van der Waals surface area contributed by atoms with Crippen molar-refractivity contribution in [2.75, 3.05) is 26.4 Å². The maximum absolute atomic E-state index is 12.4. The lowest BCUT2D eigenvalue weighted by molar-refractivity contribution is 0.0525. The summed E-state index contributed by atoms with van der Waals surface area (Å²) in [6.07, 6.45) is -0.726. The Labute approximate surface area is 108 Å². The molecule has 0 radical (unpaired) electrons. The van der Waals surface area contributed by atoms with E-state index < -0.39 is 19.7 Å². The maximum atomic E-state index is 12.4. The molecule has 108 valence electrons. The zero-order chi connectivity index (χ0) is 14.0. The number of hydrogen-bond acceptors (Lipinski definition) is 6. The number of ether oxygens (including phenoxy) is 2. The molecule has 1 amide bonds. The van der Waals surface area contributed by atoms with Crippen molar-refractivity contribution in [3.63, 3.8) is 0 Å². The van der Waals surface area contributed by atoms with Gasteiger partial charge in [-0.2, -0.15) is 0 Å². The predicted octanol–water partition coefficient (Wildman–Crippen LogP) is 2.32. The zero-order valence-corrected chi connectivity index (χ0v) is 12.2. The van der Waals surface area contributed by atoms with Crippen LogP contribution in [0.2, 0.25) is 0 Å². The van der Waals surface area contributed by atoms with Crippen molar-refractivity contribution >= 4 is 13.7 Å². The van der Waals surface area contributed by atoms with E-state index in [1.807, 2.05) is 0 Å². The van der Waals surface area contributed by atoms with Crippen LogP contribution in [-0.4, -0.2) is 38.5 Å². The number of rotatable bonds is 9. The number of hydrogen-bond donors (Lipinski definition) is 1. The largest absolute Gasteiger partial charge is 0.450 e. The Morgan fingerprint density at radius 2 is 1.61 bits per heavy atom. The Hall–Kier alpha value is -0.620. The normalized spacial score (nSPS) is 13.1. The predicted molar refractivity (Wildman–Crippen MR) is 66.4 cm³/mol. The van der Waals surface area contributed by atoms with Gasteiger partial charge in [-0.15, -0.1) is 0 Å². The minimum absolute atomic E-state index is 0.186. The molecule has 8 heteroatoms. The van der Waals surface area contributed by atoms with Gasteiger partial charge in [-0.3, -0.25) is 9.88 Å². The molecular weight excluding hydrogens is 261 g/mol. The molecule has 0 rings (SSSR count). The first-order valence-electron chi connectivity index (χ1n) is 5.97. The first-order valence-corrected chi connectivity index (χ1v) is 7.58. The second kappa shape index (κ2) is 9.33. The van der Waals surface area contributed by atoms with Crippen molar-refractivity contribution in [2.24, 2.45) is 0 Å². The molecule has 0 saturated carbocycles. The molecule has 0 aliphatic carbocycles. The molecule has 1 N–H and O–H groups in total. The quantitative estimate of drug-likeness (QED) is 0.516. The van der Waals surface area contributed by atoms with Crippen LogP contribution in [0, 0.1) is 0 Å². The van der Waals surface area contributed by atoms with Crippen LogP contribution < -0.4 is 5.32 Å². The van der Waals surface area contributed by atoms with Gasteiger partial charge in [0.1, 0.15) is 0 Å². The second-order valence-electron chi connectivity index (χ2n) is 3.05. The molecule has 18 heavy (non-hydrogen) atoms. The third kappa shape index (κ3) is 5.82. The molecule has 0 bridgehead atoms. The molecule has 7 nitrogen and oxygen atoms in total. The van der Waals surface area contributed by atoms with Gasteiger partial charge in [0.25, 0.3) is 0 Å². The average molecular weight is 283 g/mol. The highest BCUT2D eigenvalue weighted by Crippen LogP contribution is 2.52. The van der Waals surface area contributed by atoms with E-state index in [0.29, 0.717) is 0 Å². The van der Waals surface area contributed by atoms with Crippen molar-refractivity contribution in [1.82, 2.24) is 5.32 Å². The topological polar surface area (TPSA) is 83.1 Å². The van der Waals surface area contributed by atoms with E-state index in [1.54, 1.807) is 27.7 Å². The smallest absolute Gasteiger partial charge is 0.409 e. The van der Waals surface area contributed by atoms with Crippen LogP contribution in [0.5, 0.6) is 0 Å². The lowest BCUT2D eigenvalue weighted by atomic mass is 10.8. The van der Waals surface area contributed by atoms with E-state index in [1.165, 1.54) is 0 Å². The Morgan fingerprint density at radius 3 is 2.00 bits per heavy atom. The molecule has 0 saturated heterocycles. The van der Waals surface area contributed by atoms with E-state index in [0.717, 1.165) is 0 Å². The standard InChI is InChI=1S/C10H22NO6P/c1-5-14-9(12)11-10(15-6-2)18(13,16-7-3)17-8-4/h10H,5-8H2,1-4H3,(H,11,12). The maximum Gasteiger partial charge on any atom is 0.409 e. The summed E-state index contributed by atoms with van der Waals surface area (Å²) in [5.74, 6) is -1.17. The number of amides is 1. The first-order chi connectivity index (χ1) is 8.53. The van der Waals surface area contributed by atoms with E-state index in [-0.39, 0.29) is 26.4 Å². The minimum atomic E-state index is -3.56.